The number of halogens is 1. The van der Waals surface area contributed by atoms with Crippen LogP contribution in [-0.4, -0.2) is 23.8 Å². The van der Waals surface area contributed by atoms with E-state index >= 15 is 0 Å². The van der Waals surface area contributed by atoms with Gasteiger partial charge in [0.1, 0.15) is 0 Å². The van der Waals surface area contributed by atoms with Crippen molar-refractivity contribution in [2.45, 2.75) is 20.3 Å². The van der Waals surface area contributed by atoms with Gasteiger partial charge in [-0.2, -0.15) is 0 Å². The van der Waals surface area contributed by atoms with Gasteiger partial charge in [0.05, 0.1) is 22.2 Å². The van der Waals surface area contributed by atoms with Gasteiger partial charge >= 0.3 is 5.69 Å². The van der Waals surface area contributed by atoms with Crippen LogP contribution in [0, 0.1) is 20.6 Å². The van der Waals surface area contributed by atoms with Crippen LogP contribution in [0.5, 0.6) is 11.5 Å². The minimum absolute atomic E-state index is 0.109. The quantitative estimate of drug-likeness (QED) is 0.356. The lowest BCUT2D eigenvalue weighted by atomic mass is 10.1. The number of nitrogens with zero attached hydrogens (tertiary/aromatic N) is 2. The highest BCUT2D eigenvalue weighted by molar-refractivity contribution is 14.1. The van der Waals surface area contributed by atoms with Gasteiger partial charge in [-0.3, -0.25) is 10.1 Å². The summed E-state index contributed by atoms with van der Waals surface area (Å²) in [6.07, 6.45) is 4.13. The summed E-state index contributed by atoms with van der Waals surface area (Å²) in [4.78, 5) is 10.5. The number of aromatic nitrogens is 1. The molecule has 0 aliphatic heterocycles. The summed E-state index contributed by atoms with van der Waals surface area (Å²) in [6, 6.07) is 3.71. The molecule has 128 valence electrons. The van der Waals surface area contributed by atoms with Gasteiger partial charge in [0.2, 0.25) is 5.76 Å². The molecule has 8 heteroatoms. The molecule has 0 saturated carbocycles. The summed E-state index contributed by atoms with van der Waals surface area (Å²) in [7, 11) is 1.57. The lowest BCUT2D eigenvalue weighted by Crippen LogP contribution is -2.00. The summed E-state index contributed by atoms with van der Waals surface area (Å²) >= 11 is 2.17. The van der Waals surface area contributed by atoms with Crippen LogP contribution in [0.25, 0.3) is 12.2 Å². The van der Waals surface area contributed by atoms with E-state index in [2.05, 4.69) is 27.7 Å². The molecule has 0 radical (unpaired) electrons. The average Bonchev–Trinajstić information content (AvgIpc) is 2.92. The molecule has 0 amide bonds. The van der Waals surface area contributed by atoms with Gasteiger partial charge < -0.3 is 14.0 Å². The van der Waals surface area contributed by atoms with Gasteiger partial charge in [-0.1, -0.05) is 18.2 Å². The Balaban J connectivity index is 2.33. The molecule has 0 saturated heterocycles. The van der Waals surface area contributed by atoms with Crippen molar-refractivity contribution in [3.05, 3.63) is 42.8 Å². The fraction of sp³-hybridized carbons (Fsp3) is 0.312. The first kappa shape index (κ1) is 18.2. The minimum Gasteiger partial charge on any atom is -0.493 e. The number of rotatable bonds is 7. The van der Waals surface area contributed by atoms with Crippen LogP contribution in [0.4, 0.5) is 5.69 Å². The maximum atomic E-state index is 11.0. The number of aryl methyl sites for hydroxylation is 1. The number of ether oxygens (including phenoxy) is 2. The molecule has 1 aromatic heterocycles. The molecule has 0 aliphatic rings. The first-order chi connectivity index (χ1) is 11.5. The first-order valence-electron chi connectivity index (χ1n) is 7.27. The normalized spacial score (nSPS) is 11.0. The third-order valence-electron chi connectivity index (χ3n) is 3.17. The van der Waals surface area contributed by atoms with Crippen LogP contribution in [0.2, 0.25) is 0 Å². The summed E-state index contributed by atoms with van der Waals surface area (Å²) in [5.41, 5.74) is 0.925. The van der Waals surface area contributed by atoms with Crippen molar-refractivity contribution in [2.24, 2.45) is 0 Å². The average molecular weight is 444 g/mol. The van der Waals surface area contributed by atoms with E-state index in [9.17, 15) is 10.1 Å². The van der Waals surface area contributed by atoms with E-state index in [0.29, 0.717) is 18.1 Å². The number of benzene rings is 1. The Morgan fingerprint density at radius 2 is 2.17 bits per heavy atom. The molecule has 1 heterocycles. The zero-order valence-corrected chi connectivity index (χ0v) is 15.7. The van der Waals surface area contributed by atoms with E-state index in [1.807, 2.05) is 13.0 Å². The van der Waals surface area contributed by atoms with Crippen molar-refractivity contribution in [1.29, 1.82) is 0 Å². The van der Waals surface area contributed by atoms with Crippen molar-refractivity contribution >= 4 is 40.4 Å². The van der Waals surface area contributed by atoms with Gasteiger partial charge in [-0.25, -0.2) is 0 Å². The Bertz CT molecular complexity index is 770. The van der Waals surface area contributed by atoms with Crippen LogP contribution in [0.3, 0.4) is 0 Å². The zero-order chi connectivity index (χ0) is 17.7. The van der Waals surface area contributed by atoms with Gasteiger partial charge in [0, 0.05) is 0 Å². The van der Waals surface area contributed by atoms with Gasteiger partial charge in [0.25, 0.3) is 0 Å². The number of hydrogen-bond donors (Lipinski definition) is 0. The zero-order valence-electron chi connectivity index (χ0n) is 13.5. The third kappa shape index (κ3) is 4.05. The summed E-state index contributed by atoms with van der Waals surface area (Å²) in [6.45, 7) is 4.17. The van der Waals surface area contributed by atoms with Gasteiger partial charge in [0.15, 0.2) is 17.2 Å². The SMILES string of the molecule is CCCOc1c(I)cc(/C=C/c2onc(C)c2[N+](=O)[O-])cc1OC. The summed E-state index contributed by atoms with van der Waals surface area (Å²) in [5, 5.41) is 14.7. The molecule has 1 aromatic carbocycles. The minimum atomic E-state index is -0.502. The molecular weight excluding hydrogens is 427 g/mol. The van der Waals surface area contributed by atoms with Crippen LogP contribution >= 0.6 is 22.6 Å². The fourth-order valence-electron chi connectivity index (χ4n) is 2.07. The van der Waals surface area contributed by atoms with E-state index in [1.54, 1.807) is 19.3 Å². The molecule has 0 spiro atoms. The predicted octanol–water partition coefficient (Wildman–Crippen LogP) is 4.46. The Morgan fingerprint density at radius 1 is 1.42 bits per heavy atom. The molecule has 0 bridgehead atoms. The molecule has 0 N–H and O–H groups in total. The van der Waals surface area contributed by atoms with Crippen molar-refractivity contribution in [3.8, 4) is 11.5 Å². The van der Waals surface area contributed by atoms with Crippen molar-refractivity contribution in [2.75, 3.05) is 13.7 Å². The fourth-order valence-corrected chi connectivity index (χ4v) is 2.85. The molecule has 0 aliphatic carbocycles. The largest absolute Gasteiger partial charge is 0.493 e. The first-order valence-corrected chi connectivity index (χ1v) is 8.34. The molecule has 24 heavy (non-hydrogen) atoms. The maximum Gasteiger partial charge on any atom is 0.338 e. The van der Waals surface area contributed by atoms with E-state index < -0.39 is 4.92 Å². The van der Waals surface area contributed by atoms with E-state index in [-0.39, 0.29) is 17.1 Å². The van der Waals surface area contributed by atoms with Crippen molar-refractivity contribution in [3.63, 3.8) is 0 Å². The third-order valence-corrected chi connectivity index (χ3v) is 3.97. The number of methoxy groups -OCH3 is 1. The molecule has 7 nitrogen and oxygen atoms in total. The summed E-state index contributed by atoms with van der Waals surface area (Å²) < 4.78 is 17.0. The van der Waals surface area contributed by atoms with Crippen LogP contribution < -0.4 is 9.47 Å². The van der Waals surface area contributed by atoms with E-state index in [4.69, 9.17) is 14.0 Å². The molecule has 0 unspecified atom stereocenters. The molecule has 2 rings (SSSR count). The van der Waals surface area contributed by atoms with Gasteiger partial charge in [-0.15, -0.1) is 0 Å². The predicted molar refractivity (Wildman–Crippen MR) is 98.3 cm³/mol. The number of nitro groups is 1. The van der Waals surface area contributed by atoms with Crippen LogP contribution in [0.1, 0.15) is 30.4 Å². The molecule has 2 aromatic rings. The Hall–Kier alpha value is -2.10. The van der Waals surface area contributed by atoms with E-state index in [1.165, 1.54) is 13.0 Å². The highest BCUT2D eigenvalue weighted by atomic mass is 127. The molecular formula is C16H17IN2O5. The second kappa shape index (κ2) is 8.13. The Morgan fingerprint density at radius 3 is 2.79 bits per heavy atom. The Kier molecular flexibility index (Phi) is 6.18. The second-order valence-corrected chi connectivity index (χ2v) is 6.12. The van der Waals surface area contributed by atoms with Crippen molar-refractivity contribution in [1.82, 2.24) is 5.16 Å². The molecule has 0 atom stereocenters. The lowest BCUT2D eigenvalue weighted by Gasteiger charge is -2.12. The van der Waals surface area contributed by atoms with Crippen molar-refractivity contribution < 1.29 is 18.9 Å². The topological polar surface area (TPSA) is 87.6 Å². The van der Waals surface area contributed by atoms with Crippen LogP contribution in [-0.2, 0) is 0 Å². The second-order valence-electron chi connectivity index (χ2n) is 4.95. The van der Waals surface area contributed by atoms with Crippen LogP contribution in [0.15, 0.2) is 16.7 Å². The highest BCUT2D eigenvalue weighted by Gasteiger charge is 2.22. The lowest BCUT2D eigenvalue weighted by molar-refractivity contribution is -0.386. The monoisotopic (exact) mass is 444 g/mol. The van der Waals surface area contributed by atoms with E-state index in [0.717, 1.165) is 15.6 Å². The maximum absolute atomic E-state index is 11.0. The highest BCUT2D eigenvalue weighted by Crippen LogP contribution is 2.35. The summed E-state index contributed by atoms with van der Waals surface area (Å²) in [5.74, 6) is 1.41. The molecule has 0 fully saturated rings. The van der Waals surface area contributed by atoms with Gasteiger partial charge in [-0.05, 0) is 59.7 Å². The standard InChI is InChI=1S/C16H17IN2O5/c1-4-7-23-16-12(17)8-11(9-14(16)22-3)5-6-13-15(19(20)21)10(2)18-24-13/h5-6,8-9H,4,7H2,1-3H3/b6-5+. The smallest absolute Gasteiger partial charge is 0.338 e. The Labute approximate surface area is 152 Å². The number of hydrogen-bond acceptors (Lipinski definition) is 6.